The second-order valence-electron chi connectivity index (χ2n) is 4.48. The lowest BCUT2D eigenvalue weighted by atomic mass is 9.80. The van der Waals surface area contributed by atoms with Crippen molar-refractivity contribution in [3.63, 3.8) is 0 Å². The highest BCUT2D eigenvalue weighted by molar-refractivity contribution is 9.10. The van der Waals surface area contributed by atoms with Gasteiger partial charge in [-0.05, 0) is 28.1 Å². The molecule has 3 rings (SSSR count). The maximum Gasteiger partial charge on any atom is 0.267 e. The topological polar surface area (TPSA) is 80.7 Å². The monoisotopic (exact) mass is 314 g/mol. The molecule has 0 radical (unpaired) electrons. The van der Waals surface area contributed by atoms with Gasteiger partial charge in [0.05, 0.1) is 25.2 Å². The Morgan fingerprint density at radius 1 is 1.56 bits per heavy atom. The summed E-state index contributed by atoms with van der Waals surface area (Å²) in [6, 6.07) is 3.46. The molecule has 1 fully saturated rings. The third-order valence-corrected chi connectivity index (χ3v) is 3.64. The number of rotatable bonds is 2. The van der Waals surface area contributed by atoms with Gasteiger partial charge in [-0.15, -0.1) is 0 Å². The van der Waals surface area contributed by atoms with Crippen LogP contribution in [0.1, 0.15) is 0 Å². The maximum absolute atomic E-state index is 12.0. The van der Waals surface area contributed by atoms with E-state index >= 15 is 0 Å². The van der Waals surface area contributed by atoms with Gasteiger partial charge in [-0.3, -0.25) is 4.79 Å². The first-order valence-electron chi connectivity index (χ1n) is 5.47. The first-order chi connectivity index (χ1) is 8.64. The Hall–Kier alpha value is -1.18. The highest BCUT2D eigenvalue weighted by Crippen LogP contribution is 2.39. The van der Waals surface area contributed by atoms with E-state index in [4.69, 9.17) is 9.47 Å². The normalized spacial score (nSPS) is 24.6. The molecule has 7 heteroatoms. The van der Waals surface area contributed by atoms with Gasteiger partial charge in [0.2, 0.25) is 0 Å². The zero-order chi connectivity index (χ0) is 12.8. The second kappa shape index (κ2) is 4.18. The molecule has 6 nitrogen and oxygen atoms in total. The van der Waals surface area contributed by atoms with Crippen LogP contribution in [-0.2, 0) is 9.53 Å². The van der Waals surface area contributed by atoms with Gasteiger partial charge in [0.25, 0.3) is 5.91 Å². The molecule has 2 aliphatic heterocycles. The molecular weight excluding hydrogens is 304 g/mol. The number of anilines is 1. The van der Waals surface area contributed by atoms with Crippen LogP contribution >= 0.6 is 15.9 Å². The zero-order valence-electron chi connectivity index (χ0n) is 9.35. The first-order valence-corrected chi connectivity index (χ1v) is 6.27. The Bertz CT molecular complexity index is 498. The van der Waals surface area contributed by atoms with E-state index in [1.165, 1.54) is 0 Å². The molecule has 0 aromatic carbocycles. The van der Waals surface area contributed by atoms with Crippen molar-refractivity contribution in [2.45, 2.75) is 6.10 Å². The summed E-state index contributed by atoms with van der Waals surface area (Å²) in [6.07, 6.45) is -0.744. The Balaban J connectivity index is 1.92. The summed E-state index contributed by atoms with van der Waals surface area (Å²) in [5.41, 5.74) is -0.644. The van der Waals surface area contributed by atoms with E-state index in [1.54, 1.807) is 12.1 Å². The van der Waals surface area contributed by atoms with Crippen LogP contribution in [0.15, 0.2) is 16.7 Å². The lowest BCUT2D eigenvalue weighted by Crippen LogP contribution is -2.61. The highest BCUT2D eigenvalue weighted by Gasteiger charge is 2.52. The van der Waals surface area contributed by atoms with Crippen LogP contribution in [0.2, 0.25) is 0 Å². The van der Waals surface area contributed by atoms with Gasteiger partial charge in [-0.1, -0.05) is 0 Å². The minimum Gasteiger partial charge on any atom is -0.476 e. The average molecular weight is 315 g/mol. The van der Waals surface area contributed by atoms with Crippen LogP contribution in [0.5, 0.6) is 5.75 Å². The third-order valence-electron chi connectivity index (χ3n) is 3.20. The number of fused-ring (bicyclic) bond motifs is 1. The van der Waals surface area contributed by atoms with Crippen LogP contribution < -0.4 is 10.1 Å². The molecule has 0 bridgehead atoms. The van der Waals surface area contributed by atoms with Crippen LogP contribution in [0.25, 0.3) is 0 Å². The predicted octanol–water partition coefficient (Wildman–Crippen LogP) is 0.552. The van der Waals surface area contributed by atoms with E-state index in [2.05, 4.69) is 26.2 Å². The SMILES string of the molecule is O=C1Nc2nc(Br)ccc2OC1C1(CO)COC1. The van der Waals surface area contributed by atoms with Crippen LogP contribution in [0, 0.1) is 5.41 Å². The molecule has 2 aliphatic rings. The zero-order valence-corrected chi connectivity index (χ0v) is 10.9. The van der Waals surface area contributed by atoms with Crippen molar-refractivity contribution in [2.75, 3.05) is 25.1 Å². The van der Waals surface area contributed by atoms with Crippen molar-refractivity contribution in [3.8, 4) is 5.75 Å². The largest absolute Gasteiger partial charge is 0.476 e. The minimum absolute atomic E-state index is 0.148. The molecule has 0 saturated carbocycles. The summed E-state index contributed by atoms with van der Waals surface area (Å²) in [7, 11) is 0. The third kappa shape index (κ3) is 1.70. The molecule has 96 valence electrons. The Labute approximate surface area is 111 Å². The Kier molecular flexibility index (Phi) is 2.76. The number of hydrogen-bond acceptors (Lipinski definition) is 5. The van der Waals surface area contributed by atoms with E-state index in [0.717, 1.165) is 0 Å². The van der Waals surface area contributed by atoms with E-state index < -0.39 is 11.5 Å². The first kappa shape index (κ1) is 11.9. The standard InChI is InChI=1S/C11H11BrN2O4/c12-7-2-1-6-9(13-7)14-10(16)8(18-6)11(3-15)4-17-5-11/h1-2,8,15H,3-5H2,(H,13,14,16). The van der Waals surface area contributed by atoms with Crippen molar-refractivity contribution in [3.05, 3.63) is 16.7 Å². The van der Waals surface area contributed by atoms with E-state index in [9.17, 15) is 9.90 Å². The van der Waals surface area contributed by atoms with Crippen molar-refractivity contribution in [1.82, 2.24) is 4.98 Å². The number of nitrogens with one attached hydrogen (secondary N) is 1. The lowest BCUT2D eigenvalue weighted by Gasteiger charge is -2.45. The molecule has 18 heavy (non-hydrogen) atoms. The van der Waals surface area contributed by atoms with Crippen molar-refractivity contribution in [2.24, 2.45) is 5.41 Å². The van der Waals surface area contributed by atoms with Crippen LogP contribution in [0.4, 0.5) is 5.82 Å². The van der Waals surface area contributed by atoms with Crippen LogP contribution in [0.3, 0.4) is 0 Å². The summed E-state index contributed by atoms with van der Waals surface area (Å²) in [4.78, 5) is 16.1. The second-order valence-corrected chi connectivity index (χ2v) is 5.29. The molecular formula is C11H11BrN2O4. The fraction of sp³-hybridized carbons (Fsp3) is 0.455. The summed E-state index contributed by atoms with van der Waals surface area (Å²) in [6.45, 7) is 0.492. The number of hydrogen-bond donors (Lipinski definition) is 2. The smallest absolute Gasteiger partial charge is 0.267 e. The van der Waals surface area contributed by atoms with Crippen molar-refractivity contribution >= 4 is 27.7 Å². The molecule has 1 aromatic rings. The fourth-order valence-corrected chi connectivity index (χ4v) is 2.37. The summed E-state index contributed by atoms with van der Waals surface area (Å²) >= 11 is 3.23. The number of halogens is 1. The predicted molar refractivity (Wildman–Crippen MR) is 65.3 cm³/mol. The number of amides is 1. The molecule has 0 spiro atoms. The van der Waals surface area contributed by atoms with Gasteiger partial charge in [0, 0.05) is 0 Å². The fourth-order valence-electron chi connectivity index (χ4n) is 2.06. The number of pyridine rings is 1. The molecule has 1 saturated heterocycles. The number of carbonyl (C=O) groups excluding carboxylic acids is 1. The number of ether oxygens (including phenoxy) is 2. The van der Waals surface area contributed by atoms with E-state index in [0.29, 0.717) is 29.4 Å². The molecule has 3 heterocycles. The quantitative estimate of drug-likeness (QED) is 0.779. The molecule has 1 amide bonds. The van der Waals surface area contributed by atoms with Gasteiger partial charge in [-0.2, -0.15) is 0 Å². The minimum atomic E-state index is -0.744. The molecule has 1 aromatic heterocycles. The number of aliphatic hydroxyl groups excluding tert-OH is 1. The van der Waals surface area contributed by atoms with E-state index in [-0.39, 0.29) is 12.5 Å². The number of carbonyl (C=O) groups is 1. The highest BCUT2D eigenvalue weighted by atomic mass is 79.9. The summed E-state index contributed by atoms with van der Waals surface area (Å²) < 4.78 is 11.4. The van der Waals surface area contributed by atoms with Gasteiger partial charge < -0.3 is 19.9 Å². The molecule has 1 unspecified atom stereocenters. The number of aliphatic hydroxyl groups is 1. The molecule has 2 N–H and O–H groups in total. The van der Waals surface area contributed by atoms with Crippen molar-refractivity contribution < 1.29 is 19.4 Å². The van der Waals surface area contributed by atoms with Gasteiger partial charge in [-0.25, -0.2) is 4.98 Å². The molecule has 1 atom stereocenters. The van der Waals surface area contributed by atoms with Gasteiger partial charge >= 0.3 is 0 Å². The Morgan fingerprint density at radius 2 is 2.33 bits per heavy atom. The van der Waals surface area contributed by atoms with Gasteiger partial charge in [0.1, 0.15) is 4.60 Å². The van der Waals surface area contributed by atoms with Crippen molar-refractivity contribution in [1.29, 1.82) is 0 Å². The van der Waals surface area contributed by atoms with Gasteiger partial charge in [0.15, 0.2) is 17.7 Å². The maximum atomic E-state index is 12.0. The molecule has 0 aliphatic carbocycles. The number of aromatic nitrogens is 1. The average Bonchev–Trinajstić information content (AvgIpc) is 2.29. The summed E-state index contributed by atoms with van der Waals surface area (Å²) in [5, 5.41) is 12.1. The van der Waals surface area contributed by atoms with E-state index in [1.807, 2.05) is 0 Å². The van der Waals surface area contributed by atoms with Crippen LogP contribution in [-0.4, -0.2) is 41.9 Å². The lowest BCUT2D eigenvalue weighted by molar-refractivity contribution is -0.188. The summed E-state index contributed by atoms with van der Waals surface area (Å²) in [5.74, 6) is 0.590. The Morgan fingerprint density at radius 3 is 2.94 bits per heavy atom. The number of nitrogens with zero attached hydrogens (tertiary/aromatic N) is 1.